The lowest BCUT2D eigenvalue weighted by molar-refractivity contribution is -0.931. The number of aryl methyl sites for hydroxylation is 1. The molecule has 98 valence electrons. The molecule has 2 heterocycles. The largest absolute Gasteiger partial charge is 0.550 e. The third-order valence-corrected chi connectivity index (χ3v) is 3.12. The number of nitrogens with one attached hydrogen (secondary N) is 2. The molecule has 2 atom stereocenters. The third-order valence-electron chi connectivity index (χ3n) is 3.12. The van der Waals surface area contributed by atoms with Crippen molar-refractivity contribution in [3.63, 3.8) is 0 Å². The standard InChI is InChI=1S/C12H16N2O4/c1-8-2-3-9(18-8)7-14-5-4-13-12(17)10(14)6-11(15)16/h2-3,10H,4-7H2,1H3,(H,13,17)(H,15,16)/t10-/m1/s1. The summed E-state index contributed by atoms with van der Waals surface area (Å²) < 4.78 is 5.46. The van der Waals surface area contributed by atoms with Crippen LogP contribution < -0.4 is 15.3 Å². The summed E-state index contributed by atoms with van der Waals surface area (Å²) in [7, 11) is 0. The van der Waals surface area contributed by atoms with Gasteiger partial charge in [-0.3, -0.25) is 4.79 Å². The van der Waals surface area contributed by atoms with E-state index in [-0.39, 0.29) is 12.3 Å². The van der Waals surface area contributed by atoms with Crippen molar-refractivity contribution < 1.29 is 24.0 Å². The minimum Gasteiger partial charge on any atom is -0.550 e. The van der Waals surface area contributed by atoms with Crippen molar-refractivity contribution in [2.75, 3.05) is 13.1 Å². The van der Waals surface area contributed by atoms with E-state index in [1.807, 2.05) is 19.1 Å². The molecule has 18 heavy (non-hydrogen) atoms. The summed E-state index contributed by atoms with van der Waals surface area (Å²) in [5.74, 6) is 0.136. The number of amides is 1. The Hall–Kier alpha value is -1.82. The Morgan fingerprint density at radius 1 is 1.61 bits per heavy atom. The molecule has 0 spiro atoms. The summed E-state index contributed by atoms with van der Waals surface area (Å²) in [5.41, 5.74) is 0. The molecule has 1 fully saturated rings. The fourth-order valence-corrected chi connectivity index (χ4v) is 2.25. The maximum atomic E-state index is 11.7. The van der Waals surface area contributed by atoms with E-state index in [1.54, 1.807) is 0 Å². The summed E-state index contributed by atoms with van der Waals surface area (Å²) in [6, 6.07) is 3.10. The Kier molecular flexibility index (Phi) is 3.66. The van der Waals surface area contributed by atoms with Crippen molar-refractivity contribution in [1.82, 2.24) is 5.32 Å². The fourth-order valence-electron chi connectivity index (χ4n) is 2.25. The highest BCUT2D eigenvalue weighted by Crippen LogP contribution is 2.05. The van der Waals surface area contributed by atoms with Crippen LogP contribution in [0.2, 0.25) is 0 Å². The van der Waals surface area contributed by atoms with E-state index in [4.69, 9.17) is 4.42 Å². The van der Waals surface area contributed by atoms with E-state index in [9.17, 15) is 14.7 Å². The molecule has 0 aromatic carbocycles. The van der Waals surface area contributed by atoms with Gasteiger partial charge in [-0.05, 0) is 19.1 Å². The van der Waals surface area contributed by atoms with E-state index in [0.717, 1.165) is 16.4 Å². The number of hydrogen-bond donors (Lipinski definition) is 2. The molecule has 0 aliphatic carbocycles. The first-order chi connectivity index (χ1) is 8.56. The average Bonchev–Trinajstić information content (AvgIpc) is 2.69. The smallest absolute Gasteiger partial charge is 0.278 e. The number of rotatable bonds is 4. The van der Waals surface area contributed by atoms with E-state index in [2.05, 4.69) is 5.32 Å². The second kappa shape index (κ2) is 5.22. The van der Waals surface area contributed by atoms with Gasteiger partial charge >= 0.3 is 0 Å². The Balaban J connectivity index is 2.07. The summed E-state index contributed by atoms with van der Waals surface area (Å²) in [6.07, 6.45) is -0.263. The monoisotopic (exact) mass is 252 g/mol. The van der Waals surface area contributed by atoms with Crippen LogP contribution in [0.3, 0.4) is 0 Å². The highest BCUT2D eigenvalue weighted by atomic mass is 16.4. The topological polar surface area (TPSA) is 86.8 Å². The molecule has 0 bridgehead atoms. The summed E-state index contributed by atoms with van der Waals surface area (Å²) >= 11 is 0. The zero-order chi connectivity index (χ0) is 13.1. The van der Waals surface area contributed by atoms with Gasteiger partial charge in [-0.2, -0.15) is 0 Å². The van der Waals surface area contributed by atoms with Crippen LogP contribution in [0, 0.1) is 6.92 Å². The molecular formula is C12H16N2O4. The maximum absolute atomic E-state index is 11.7. The molecule has 1 aromatic rings. The van der Waals surface area contributed by atoms with Gasteiger partial charge in [0.15, 0.2) is 11.8 Å². The van der Waals surface area contributed by atoms with Crippen LogP contribution in [-0.2, 0) is 16.1 Å². The lowest BCUT2D eigenvalue weighted by Crippen LogP contribution is -3.18. The van der Waals surface area contributed by atoms with Gasteiger partial charge in [0.2, 0.25) is 0 Å². The van der Waals surface area contributed by atoms with Gasteiger partial charge in [0.25, 0.3) is 5.91 Å². The van der Waals surface area contributed by atoms with Crippen LogP contribution in [0.25, 0.3) is 0 Å². The van der Waals surface area contributed by atoms with Gasteiger partial charge in [-0.15, -0.1) is 0 Å². The Bertz CT molecular complexity index is 455. The van der Waals surface area contributed by atoms with Gasteiger partial charge in [-0.25, -0.2) is 0 Å². The molecule has 2 N–H and O–H groups in total. The summed E-state index contributed by atoms with van der Waals surface area (Å²) in [6.45, 7) is 3.60. The SMILES string of the molecule is Cc1ccc(C[NH+]2CCNC(=O)[C@H]2CC(=O)[O-])o1. The van der Waals surface area contributed by atoms with Crippen LogP contribution in [0.1, 0.15) is 17.9 Å². The molecule has 0 saturated carbocycles. The third kappa shape index (κ3) is 2.89. The second-order valence-corrected chi connectivity index (χ2v) is 4.52. The lowest BCUT2D eigenvalue weighted by atomic mass is 10.1. The molecule has 1 unspecified atom stereocenters. The molecular weight excluding hydrogens is 236 g/mol. The van der Waals surface area contributed by atoms with E-state index in [0.29, 0.717) is 19.6 Å². The zero-order valence-electron chi connectivity index (χ0n) is 10.2. The molecule has 6 nitrogen and oxygen atoms in total. The number of carbonyl (C=O) groups is 2. The first-order valence-electron chi connectivity index (χ1n) is 5.93. The number of hydrogen-bond acceptors (Lipinski definition) is 4. The highest BCUT2D eigenvalue weighted by molar-refractivity contribution is 5.84. The summed E-state index contributed by atoms with van der Waals surface area (Å²) in [5, 5.41) is 13.4. The van der Waals surface area contributed by atoms with Gasteiger partial charge in [-0.1, -0.05) is 0 Å². The number of quaternary nitrogens is 1. The first-order valence-corrected chi connectivity index (χ1v) is 5.93. The van der Waals surface area contributed by atoms with Crippen molar-refractivity contribution in [3.8, 4) is 0 Å². The van der Waals surface area contributed by atoms with Crippen LogP contribution in [-0.4, -0.2) is 31.0 Å². The van der Waals surface area contributed by atoms with Crippen LogP contribution in [0.4, 0.5) is 0 Å². The van der Waals surface area contributed by atoms with Crippen molar-refractivity contribution in [1.29, 1.82) is 0 Å². The number of aliphatic carboxylic acids is 1. The molecule has 1 saturated heterocycles. The molecule has 0 radical (unpaired) electrons. The van der Waals surface area contributed by atoms with Gasteiger partial charge in [0, 0.05) is 12.4 Å². The van der Waals surface area contributed by atoms with Gasteiger partial charge in [0.05, 0.1) is 13.1 Å². The highest BCUT2D eigenvalue weighted by Gasteiger charge is 2.33. The second-order valence-electron chi connectivity index (χ2n) is 4.52. The number of carboxylic acids is 1. The minimum absolute atomic E-state index is 0.233. The van der Waals surface area contributed by atoms with Gasteiger partial charge in [0.1, 0.15) is 12.3 Å². The van der Waals surface area contributed by atoms with Crippen molar-refractivity contribution >= 4 is 11.9 Å². The molecule has 1 aliphatic rings. The van der Waals surface area contributed by atoms with Crippen molar-refractivity contribution in [2.45, 2.75) is 25.9 Å². The Labute approximate surface area is 105 Å². The van der Waals surface area contributed by atoms with E-state index < -0.39 is 12.0 Å². The van der Waals surface area contributed by atoms with Crippen LogP contribution in [0.5, 0.6) is 0 Å². The fraction of sp³-hybridized carbons (Fsp3) is 0.500. The number of furan rings is 1. The minimum atomic E-state index is -1.20. The molecule has 1 aromatic heterocycles. The lowest BCUT2D eigenvalue weighted by Gasteiger charge is -2.31. The van der Waals surface area contributed by atoms with Crippen LogP contribution in [0.15, 0.2) is 16.5 Å². The quantitative estimate of drug-likeness (QED) is 0.626. The van der Waals surface area contributed by atoms with E-state index >= 15 is 0 Å². The molecule has 1 amide bonds. The Morgan fingerprint density at radius 2 is 2.39 bits per heavy atom. The van der Waals surface area contributed by atoms with Crippen molar-refractivity contribution in [2.24, 2.45) is 0 Å². The van der Waals surface area contributed by atoms with Crippen LogP contribution >= 0.6 is 0 Å². The van der Waals surface area contributed by atoms with E-state index in [1.165, 1.54) is 0 Å². The molecule has 1 aliphatic heterocycles. The predicted molar refractivity (Wildman–Crippen MR) is 59.4 cm³/mol. The Morgan fingerprint density at radius 3 is 3.00 bits per heavy atom. The zero-order valence-corrected chi connectivity index (χ0v) is 10.2. The maximum Gasteiger partial charge on any atom is 0.278 e. The first kappa shape index (κ1) is 12.6. The molecule has 6 heteroatoms. The molecule has 2 rings (SSSR count). The normalized spacial score (nSPS) is 23.7. The number of carbonyl (C=O) groups excluding carboxylic acids is 2. The van der Waals surface area contributed by atoms with Crippen molar-refractivity contribution in [3.05, 3.63) is 23.7 Å². The van der Waals surface area contributed by atoms with Gasteiger partial charge < -0.3 is 24.5 Å². The average molecular weight is 252 g/mol. The predicted octanol–water partition coefficient (Wildman–Crippen LogP) is -2.39. The summed E-state index contributed by atoms with van der Waals surface area (Å²) in [4.78, 5) is 23.3. The number of piperazine rings is 1. The number of carboxylic acid groups (broad SMARTS) is 1.